The van der Waals surface area contributed by atoms with Crippen molar-refractivity contribution in [1.29, 1.82) is 0 Å². The maximum atomic E-state index is 11.6. The van der Waals surface area contributed by atoms with Gasteiger partial charge in [0.05, 0.1) is 5.70 Å². The maximum Gasteiger partial charge on any atom is 0.232 e. The van der Waals surface area contributed by atoms with E-state index in [-0.39, 0.29) is 5.12 Å². The molecule has 1 heterocycles. The van der Waals surface area contributed by atoms with Gasteiger partial charge in [-0.25, -0.2) is 0 Å². The minimum atomic E-state index is -0.0173. The Labute approximate surface area is 117 Å². The van der Waals surface area contributed by atoms with Crippen LogP contribution in [0.4, 0.5) is 5.69 Å². The van der Waals surface area contributed by atoms with Gasteiger partial charge in [-0.15, -0.1) is 0 Å². The molecule has 2 rings (SSSR count). The van der Waals surface area contributed by atoms with E-state index in [2.05, 4.69) is 18.7 Å². The summed E-state index contributed by atoms with van der Waals surface area (Å²) in [5, 5.41) is 0.362. The molecule has 0 bridgehead atoms. The first-order valence-corrected chi connectivity index (χ1v) is 7.34. The molecule has 0 saturated carbocycles. The lowest BCUT2D eigenvalue weighted by atomic mass is 10.1. The third kappa shape index (κ3) is 2.90. The molecule has 0 aromatic heterocycles. The molecule has 2 nitrogen and oxygen atoms in total. The van der Waals surface area contributed by atoms with Crippen molar-refractivity contribution in [2.75, 3.05) is 17.2 Å². The van der Waals surface area contributed by atoms with E-state index in [0.717, 1.165) is 17.9 Å². The molecule has 4 heteroatoms. The van der Waals surface area contributed by atoms with Crippen LogP contribution in [0.25, 0.3) is 0 Å². The number of anilines is 1. The van der Waals surface area contributed by atoms with Crippen molar-refractivity contribution in [1.82, 2.24) is 0 Å². The predicted octanol–water partition coefficient (Wildman–Crippen LogP) is 3.87. The summed E-state index contributed by atoms with van der Waals surface area (Å²) in [5.41, 5.74) is 2.03. The first-order valence-electron chi connectivity index (χ1n) is 5.98. The zero-order valence-corrected chi connectivity index (χ0v) is 12.1. The highest BCUT2D eigenvalue weighted by Gasteiger charge is 2.27. The number of halogens is 1. The second-order valence-corrected chi connectivity index (χ2v) is 6.00. The topological polar surface area (TPSA) is 20.3 Å². The van der Waals surface area contributed by atoms with Crippen LogP contribution < -0.4 is 4.90 Å². The van der Waals surface area contributed by atoms with Gasteiger partial charge in [0.2, 0.25) is 5.12 Å². The summed E-state index contributed by atoms with van der Waals surface area (Å²) >= 11 is 7.40. The monoisotopic (exact) mass is 281 g/mol. The molecular formula is C14H16ClNOS. The molecule has 1 aromatic carbocycles. The average Bonchev–Trinajstić information content (AvgIpc) is 2.68. The molecule has 0 aliphatic carbocycles. The first-order chi connectivity index (χ1) is 8.59. The maximum absolute atomic E-state index is 11.6. The molecule has 0 radical (unpaired) electrons. The van der Waals surface area contributed by atoms with Crippen molar-refractivity contribution in [3.8, 4) is 0 Å². The van der Waals surface area contributed by atoms with Crippen LogP contribution in [0.3, 0.4) is 0 Å². The average molecular weight is 282 g/mol. The van der Waals surface area contributed by atoms with E-state index in [1.54, 1.807) is 0 Å². The minimum Gasteiger partial charge on any atom is -0.343 e. The van der Waals surface area contributed by atoms with Gasteiger partial charge in [-0.1, -0.05) is 55.4 Å². The van der Waals surface area contributed by atoms with Crippen LogP contribution in [-0.2, 0) is 4.79 Å². The third-order valence-electron chi connectivity index (χ3n) is 2.71. The fourth-order valence-corrected chi connectivity index (χ4v) is 3.14. The molecule has 0 N–H and O–H groups in total. The van der Waals surface area contributed by atoms with Gasteiger partial charge in [-0.3, -0.25) is 4.79 Å². The zero-order chi connectivity index (χ0) is 13.1. The van der Waals surface area contributed by atoms with Crippen LogP contribution >= 0.6 is 23.4 Å². The summed E-state index contributed by atoms with van der Waals surface area (Å²) in [6.45, 7) is 5.19. The Kier molecular flexibility index (Phi) is 4.36. The lowest BCUT2D eigenvalue weighted by molar-refractivity contribution is -0.107. The summed E-state index contributed by atoms with van der Waals surface area (Å²) in [7, 11) is 0. The summed E-state index contributed by atoms with van der Waals surface area (Å²) in [4.78, 5) is 13.7. The Hall–Kier alpha value is -0.930. The standard InChI is InChI=1S/C14H16ClNOS/c1-10(2)8-16(11-6-4-3-5-7-11)12-9-18-14(17)13(12)15/h3-7,10H,8-9H2,1-2H3. The molecule has 1 aliphatic rings. The second kappa shape index (κ2) is 5.81. The van der Waals surface area contributed by atoms with Crippen LogP contribution in [0.2, 0.25) is 0 Å². The first kappa shape index (κ1) is 13.5. The summed E-state index contributed by atoms with van der Waals surface area (Å²) in [5.74, 6) is 1.17. The van der Waals surface area contributed by atoms with Gasteiger partial charge in [-0.05, 0) is 18.1 Å². The summed E-state index contributed by atoms with van der Waals surface area (Å²) in [6, 6.07) is 10.1. The molecular weight excluding hydrogens is 266 g/mol. The molecule has 0 spiro atoms. The third-order valence-corrected chi connectivity index (χ3v) is 4.10. The van der Waals surface area contributed by atoms with Crippen molar-refractivity contribution in [3.05, 3.63) is 41.1 Å². The van der Waals surface area contributed by atoms with Crippen LogP contribution in [0, 0.1) is 5.92 Å². The number of hydrogen-bond donors (Lipinski definition) is 0. The number of para-hydroxylation sites is 1. The summed E-state index contributed by atoms with van der Waals surface area (Å²) < 4.78 is 0. The number of carbonyl (C=O) groups excluding carboxylic acids is 1. The van der Waals surface area contributed by atoms with Crippen molar-refractivity contribution >= 4 is 34.2 Å². The Morgan fingerprint density at radius 3 is 2.50 bits per heavy atom. The fraction of sp³-hybridized carbons (Fsp3) is 0.357. The number of nitrogens with zero attached hydrogens (tertiary/aromatic N) is 1. The molecule has 1 aliphatic heterocycles. The highest BCUT2D eigenvalue weighted by molar-refractivity contribution is 8.14. The van der Waals surface area contributed by atoms with Gasteiger partial charge in [0.25, 0.3) is 0 Å². The number of rotatable bonds is 4. The van der Waals surface area contributed by atoms with Gasteiger partial charge in [0.15, 0.2) is 0 Å². The van der Waals surface area contributed by atoms with Gasteiger partial charge >= 0.3 is 0 Å². The van der Waals surface area contributed by atoms with Gasteiger partial charge in [0, 0.05) is 18.0 Å². The number of carbonyl (C=O) groups is 1. The minimum absolute atomic E-state index is 0.0173. The van der Waals surface area contributed by atoms with Crippen LogP contribution in [0.15, 0.2) is 41.1 Å². The highest BCUT2D eigenvalue weighted by Crippen LogP contribution is 2.34. The van der Waals surface area contributed by atoms with E-state index in [4.69, 9.17) is 11.6 Å². The molecule has 0 saturated heterocycles. The van der Waals surface area contributed by atoms with Gasteiger partial charge < -0.3 is 4.90 Å². The van der Waals surface area contributed by atoms with Crippen molar-refractivity contribution in [2.45, 2.75) is 13.8 Å². The van der Waals surface area contributed by atoms with E-state index in [1.165, 1.54) is 11.8 Å². The van der Waals surface area contributed by atoms with Crippen molar-refractivity contribution in [2.24, 2.45) is 5.92 Å². The molecule has 1 aromatic rings. The van der Waals surface area contributed by atoms with Crippen LogP contribution in [0.5, 0.6) is 0 Å². The molecule has 0 fully saturated rings. The Balaban J connectivity index is 2.35. The van der Waals surface area contributed by atoms with E-state index in [9.17, 15) is 4.79 Å². The second-order valence-electron chi connectivity index (χ2n) is 4.68. The Morgan fingerprint density at radius 2 is 2.00 bits per heavy atom. The highest BCUT2D eigenvalue weighted by atomic mass is 35.5. The Morgan fingerprint density at radius 1 is 1.33 bits per heavy atom. The normalized spacial score (nSPS) is 15.7. The van der Waals surface area contributed by atoms with Gasteiger partial charge in [0.1, 0.15) is 5.03 Å². The number of thioether (sulfide) groups is 1. The molecule has 0 atom stereocenters. The smallest absolute Gasteiger partial charge is 0.232 e. The van der Waals surface area contributed by atoms with Gasteiger partial charge in [-0.2, -0.15) is 0 Å². The van der Waals surface area contributed by atoms with Crippen LogP contribution in [0.1, 0.15) is 13.8 Å². The Bertz CT molecular complexity index is 470. The number of hydrogen-bond acceptors (Lipinski definition) is 3. The van der Waals surface area contributed by atoms with Crippen molar-refractivity contribution < 1.29 is 4.79 Å². The molecule has 18 heavy (non-hydrogen) atoms. The molecule has 0 amide bonds. The number of benzene rings is 1. The van der Waals surface area contributed by atoms with E-state index < -0.39 is 0 Å². The summed E-state index contributed by atoms with van der Waals surface area (Å²) in [6.07, 6.45) is 0. The van der Waals surface area contributed by atoms with E-state index >= 15 is 0 Å². The molecule has 0 unspecified atom stereocenters. The largest absolute Gasteiger partial charge is 0.343 e. The van der Waals surface area contributed by atoms with E-state index in [0.29, 0.717) is 16.7 Å². The lowest BCUT2D eigenvalue weighted by Crippen LogP contribution is -2.27. The van der Waals surface area contributed by atoms with E-state index in [1.807, 2.05) is 30.3 Å². The SMILES string of the molecule is CC(C)CN(C1=C(Cl)C(=O)SC1)c1ccccc1. The zero-order valence-electron chi connectivity index (χ0n) is 10.5. The lowest BCUT2D eigenvalue weighted by Gasteiger charge is -2.27. The predicted molar refractivity (Wildman–Crippen MR) is 79.0 cm³/mol. The quantitative estimate of drug-likeness (QED) is 0.835. The fourth-order valence-electron chi connectivity index (χ4n) is 1.92. The van der Waals surface area contributed by atoms with Crippen LogP contribution in [-0.4, -0.2) is 17.4 Å². The van der Waals surface area contributed by atoms with Crippen molar-refractivity contribution in [3.63, 3.8) is 0 Å². The molecule has 96 valence electrons.